The summed E-state index contributed by atoms with van der Waals surface area (Å²) in [7, 11) is 0. The molecule has 1 radical (unpaired) electrons. The van der Waals surface area contributed by atoms with Crippen molar-refractivity contribution in [3.63, 3.8) is 0 Å². The Bertz CT molecular complexity index is 8.49. The van der Waals surface area contributed by atoms with Gasteiger partial charge >= 0.3 is 0 Å². The summed E-state index contributed by atoms with van der Waals surface area (Å²) in [6.45, 7) is 0. The van der Waals surface area contributed by atoms with Crippen molar-refractivity contribution >= 4 is 12.4 Å². The van der Waals surface area contributed by atoms with Gasteiger partial charge in [-0.3, -0.25) is 0 Å². The van der Waals surface area contributed by atoms with Gasteiger partial charge in [-0.05, 0) is 0 Å². The van der Waals surface area contributed by atoms with Crippen molar-refractivity contribution in [3.8, 4) is 0 Å². The minimum atomic E-state index is 0. The molecule has 0 fully saturated rings. The first kappa shape index (κ1) is 269. The Balaban J connectivity index is 0. The van der Waals surface area contributed by atoms with Crippen LogP contribution in [0.1, 0.15) is 0 Å². The Morgan fingerprint density at radius 3 is 0.375 bits per heavy atom. The molecule has 0 amide bonds. The van der Waals surface area contributed by atoms with E-state index in [4.69, 9.17) is 0 Å². The molecular formula is H13ClEuO6. The Hall–Kier alpha value is 1.63. The Morgan fingerprint density at radius 2 is 0.375 bits per heavy atom. The SMILES string of the molecule is Cl.O.O.O.O.O.O.[Eu]. The monoisotopic (exact) mass is 297 g/mol. The smallest absolute Gasteiger partial charge is 0 e. The van der Waals surface area contributed by atoms with Gasteiger partial charge in [-0.2, -0.15) is 0 Å². The predicted octanol–water partition coefficient (Wildman–Crippen LogP) is -4.53. The van der Waals surface area contributed by atoms with E-state index in [0.29, 0.717) is 0 Å². The van der Waals surface area contributed by atoms with E-state index in [9.17, 15) is 0 Å². The fourth-order valence-corrected chi connectivity index (χ4v) is 0. The molecule has 8 heavy (non-hydrogen) atoms. The molecule has 0 saturated carbocycles. The van der Waals surface area contributed by atoms with Gasteiger partial charge < -0.3 is 32.9 Å². The van der Waals surface area contributed by atoms with Gasteiger partial charge in [0.15, 0.2) is 0 Å². The van der Waals surface area contributed by atoms with E-state index in [2.05, 4.69) is 0 Å². The summed E-state index contributed by atoms with van der Waals surface area (Å²) in [5.74, 6) is 0. The topological polar surface area (TPSA) is 189 Å². The third-order valence-electron chi connectivity index (χ3n) is 0. The third-order valence-corrected chi connectivity index (χ3v) is 0. The van der Waals surface area contributed by atoms with Gasteiger partial charge in [0, 0.05) is 49.4 Å². The van der Waals surface area contributed by atoms with Crippen LogP contribution in [0, 0.1) is 49.4 Å². The van der Waals surface area contributed by atoms with Crippen LogP contribution in [0.3, 0.4) is 0 Å². The third kappa shape index (κ3) is 126. The van der Waals surface area contributed by atoms with Crippen LogP contribution < -0.4 is 0 Å². The van der Waals surface area contributed by atoms with Crippen LogP contribution in [0.4, 0.5) is 0 Å². The normalized spacial score (nSPS) is 0. The molecule has 0 atom stereocenters. The maximum absolute atomic E-state index is 0. The van der Waals surface area contributed by atoms with Gasteiger partial charge in [-0.25, -0.2) is 0 Å². The van der Waals surface area contributed by atoms with Crippen molar-refractivity contribution in [2.75, 3.05) is 0 Å². The molecule has 0 aromatic carbocycles. The molecule has 63 valence electrons. The number of halogens is 1. The molecule has 12 N–H and O–H groups in total. The minimum absolute atomic E-state index is 0. The predicted molar refractivity (Wildman–Crippen MR) is 28.9 cm³/mol. The molecule has 0 aromatic rings. The van der Waals surface area contributed by atoms with Crippen LogP contribution in [-0.4, -0.2) is 32.9 Å². The van der Waals surface area contributed by atoms with Crippen LogP contribution in [0.25, 0.3) is 0 Å². The van der Waals surface area contributed by atoms with E-state index in [1.54, 1.807) is 0 Å². The fourth-order valence-electron chi connectivity index (χ4n) is 0. The number of hydrogen-bond acceptors (Lipinski definition) is 0. The average molecular weight is 297 g/mol. The fraction of sp³-hybridized carbons (Fsp3) is 0. The first-order valence-corrected chi connectivity index (χ1v) is 0. The number of rotatable bonds is 0. The van der Waals surface area contributed by atoms with Crippen molar-refractivity contribution in [1.82, 2.24) is 0 Å². The van der Waals surface area contributed by atoms with Gasteiger partial charge in [0.05, 0.1) is 0 Å². The molecule has 0 heterocycles. The molecule has 0 bridgehead atoms. The van der Waals surface area contributed by atoms with E-state index in [1.807, 2.05) is 0 Å². The zero-order valence-corrected chi connectivity index (χ0v) is 7.03. The standard InChI is InChI=1S/ClH.Eu.6H2O/h1H;;6*1H2. The summed E-state index contributed by atoms with van der Waals surface area (Å²) >= 11 is 0. The largest absolute Gasteiger partial charge is 0.412 e. The van der Waals surface area contributed by atoms with E-state index < -0.39 is 0 Å². The van der Waals surface area contributed by atoms with Crippen molar-refractivity contribution in [1.29, 1.82) is 0 Å². The van der Waals surface area contributed by atoms with E-state index in [1.165, 1.54) is 0 Å². The molecule has 0 saturated heterocycles. The zero-order chi connectivity index (χ0) is 0. The van der Waals surface area contributed by atoms with E-state index >= 15 is 0 Å². The molecule has 8 heteroatoms. The summed E-state index contributed by atoms with van der Waals surface area (Å²) in [6, 6.07) is 0. The van der Waals surface area contributed by atoms with Gasteiger partial charge in [0.2, 0.25) is 0 Å². The summed E-state index contributed by atoms with van der Waals surface area (Å²) in [5.41, 5.74) is 0. The maximum Gasteiger partial charge on any atom is 0 e. The maximum atomic E-state index is 0. The number of hydrogen-bond donors (Lipinski definition) is 0. The van der Waals surface area contributed by atoms with Gasteiger partial charge in [0.25, 0.3) is 0 Å². The Morgan fingerprint density at radius 1 is 0.375 bits per heavy atom. The van der Waals surface area contributed by atoms with Crippen LogP contribution in [0.15, 0.2) is 0 Å². The van der Waals surface area contributed by atoms with Crippen LogP contribution >= 0.6 is 12.4 Å². The first-order chi connectivity index (χ1) is 0. The van der Waals surface area contributed by atoms with Crippen LogP contribution in [0.2, 0.25) is 0 Å². The van der Waals surface area contributed by atoms with Crippen molar-refractivity contribution in [2.45, 2.75) is 0 Å². The summed E-state index contributed by atoms with van der Waals surface area (Å²) in [5, 5.41) is 0. The van der Waals surface area contributed by atoms with Crippen molar-refractivity contribution < 1.29 is 82.2 Å². The summed E-state index contributed by atoms with van der Waals surface area (Å²) < 4.78 is 0. The van der Waals surface area contributed by atoms with E-state index in [-0.39, 0.29) is 94.6 Å². The Kier molecular flexibility index (Phi) is 6330. The molecule has 0 aliphatic heterocycles. The van der Waals surface area contributed by atoms with Gasteiger partial charge in [-0.1, -0.05) is 0 Å². The molecule has 0 spiro atoms. The molecule has 0 unspecified atom stereocenters. The minimum Gasteiger partial charge on any atom is -0.412 e. The van der Waals surface area contributed by atoms with Gasteiger partial charge in [-0.15, -0.1) is 12.4 Å². The first-order valence-electron chi connectivity index (χ1n) is 0. The quantitative estimate of drug-likeness (QED) is 0.416. The average Bonchev–Trinajstić information content (AvgIpc) is 0. The molecule has 0 rings (SSSR count). The van der Waals surface area contributed by atoms with Crippen molar-refractivity contribution in [3.05, 3.63) is 0 Å². The van der Waals surface area contributed by atoms with Crippen LogP contribution in [-0.2, 0) is 0 Å². The van der Waals surface area contributed by atoms with Crippen molar-refractivity contribution in [2.24, 2.45) is 0 Å². The second-order valence-corrected chi connectivity index (χ2v) is 0. The molecular weight excluding hydrogens is 283 g/mol. The van der Waals surface area contributed by atoms with Crippen LogP contribution in [0.5, 0.6) is 0 Å². The summed E-state index contributed by atoms with van der Waals surface area (Å²) in [6.07, 6.45) is 0. The van der Waals surface area contributed by atoms with E-state index in [0.717, 1.165) is 0 Å². The summed E-state index contributed by atoms with van der Waals surface area (Å²) in [4.78, 5) is 0. The molecule has 0 aliphatic rings. The second-order valence-electron chi connectivity index (χ2n) is 0. The molecule has 0 aliphatic carbocycles. The zero-order valence-electron chi connectivity index (χ0n) is 3.79. The molecule has 6 nitrogen and oxygen atoms in total. The molecule has 0 aromatic heterocycles. The second kappa shape index (κ2) is 188. The van der Waals surface area contributed by atoms with Gasteiger partial charge in [0.1, 0.15) is 0 Å². The Labute approximate surface area is 93.4 Å².